The van der Waals surface area contributed by atoms with Crippen LogP contribution in [0.4, 0.5) is 4.79 Å². The van der Waals surface area contributed by atoms with Crippen LogP contribution in [0.1, 0.15) is 61.0 Å². The van der Waals surface area contributed by atoms with E-state index in [1.165, 1.54) is 6.92 Å². The standard InChI is InChI=1S/C25H39N3O6/c1-15(2)19(27-22(30)20(16(3)4)28-24(32)34-25(6,7)8)21(29)26-17(5)23(31)33-14-18-12-10-9-11-13-18/h9-13,15-17,19-20H,14H2,1-8H3,(H,26,29)(H,27,30)(H,28,32)/t17-,19-,20-/m0/s1. The molecule has 0 aromatic heterocycles. The van der Waals surface area contributed by atoms with Crippen LogP contribution in [-0.4, -0.2) is 47.6 Å². The largest absolute Gasteiger partial charge is 0.459 e. The Morgan fingerprint density at radius 2 is 1.29 bits per heavy atom. The second-order valence-electron chi connectivity index (χ2n) is 9.92. The number of esters is 1. The first kappa shape index (κ1) is 28.9. The molecule has 0 heterocycles. The molecule has 9 nitrogen and oxygen atoms in total. The van der Waals surface area contributed by atoms with Gasteiger partial charge in [-0.1, -0.05) is 58.0 Å². The van der Waals surface area contributed by atoms with E-state index in [9.17, 15) is 19.2 Å². The lowest BCUT2D eigenvalue weighted by Gasteiger charge is -2.28. The second-order valence-corrected chi connectivity index (χ2v) is 9.92. The highest BCUT2D eigenvalue weighted by molar-refractivity contribution is 5.93. The highest BCUT2D eigenvalue weighted by atomic mass is 16.6. The number of carbonyl (C=O) groups is 4. The summed E-state index contributed by atoms with van der Waals surface area (Å²) in [5, 5.41) is 7.87. The van der Waals surface area contributed by atoms with Crippen molar-refractivity contribution in [3.63, 3.8) is 0 Å². The van der Waals surface area contributed by atoms with Crippen molar-refractivity contribution in [3.8, 4) is 0 Å². The van der Waals surface area contributed by atoms with Crippen molar-refractivity contribution >= 4 is 23.9 Å². The molecule has 3 amide bonds. The zero-order chi connectivity index (χ0) is 26.1. The van der Waals surface area contributed by atoms with Crippen LogP contribution >= 0.6 is 0 Å². The van der Waals surface area contributed by atoms with E-state index < -0.39 is 47.6 Å². The number of hydrogen-bond donors (Lipinski definition) is 3. The molecule has 0 aliphatic heterocycles. The Bertz CT molecular complexity index is 833. The fraction of sp³-hybridized carbons (Fsp3) is 0.600. The number of rotatable bonds is 10. The van der Waals surface area contributed by atoms with Gasteiger partial charge in [-0.05, 0) is 45.1 Å². The van der Waals surface area contributed by atoms with Crippen LogP contribution < -0.4 is 16.0 Å². The van der Waals surface area contributed by atoms with Crippen molar-refractivity contribution in [1.29, 1.82) is 0 Å². The lowest BCUT2D eigenvalue weighted by molar-refractivity contribution is -0.149. The maximum atomic E-state index is 12.9. The highest BCUT2D eigenvalue weighted by Gasteiger charge is 2.32. The molecule has 1 aromatic rings. The molecule has 3 atom stereocenters. The maximum absolute atomic E-state index is 12.9. The summed E-state index contributed by atoms with van der Waals surface area (Å²) >= 11 is 0. The first-order valence-corrected chi connectivity index (χ1v) is 11.5. The van der Waals surface area contributed by atoms with Gasteiger partial charge in [0.15, 0.2) is 0 Å². The maximum Gasteiger partial charge on any atom is 0.408 e. The van der Waals surface area contributed by atoms with Crippen LogP contribution in [-0.2, 0) is 30.5 Å². The Balaban J connectivity index is 2.75. The molecule has 0 radical (unpaired) electrons. The van der Waals surface area contributed by atoms with Gasteiger partial charge in [-0.2, -0.15) is 0 Å². The summed E-state index contributed by atoms with van der Waals surface area (Å²) in [6, 6.07) is 6.47. The van der Waals surface area contributed by atoms with Crippen LogP contribution in [0.2, 0.25) is 0 Å². The summed E-state index contributed by atoms with van der Waals surface area (Å²) in [5.74, 6) is -2.15. The number of alkyl carbamates (subject to hydrolysis) is 1. The SMILES string of the molecule is CC(C)[C@H](NC(=O)OC(C)(C)C)C(=O)N[C@H](C(=O)N[C@@H](C)C(=O)OCc1ccccc1)C(C)C. The molecule has 0 saturated heterocycles. The van der Waals surface area contributed by atoms with Crippen LogP contribution in [0.25, 0.3) is 0 Å². The van der Waals surface area contributed by atoms with Crippen LogP contribution in [0.5, 0.6) is 0 Å². The Morgan fingerprint density at radius 3 is 1.79 bits per heavy atom. The Kier molecular flexibility index (Phi) is 11.0. The molecule has 0 bridgehead atoms. The molecule has 0 unspecified atom stereocenters. The quantitative estimate of drug-likeness (QED) is 0.445. The smallest absolute Gasteiger partial charge is 0.408 e. The predicted molar refractivity (Wildman–Crippen MR) is 129 cm³/mol. The van der Waals surface area contributed by atoms with Gasteiger partial charge in [-0.3, -0.25) is 9.59 Å². The van der Waals surface area contributed by atoms with Gasteiger partial charge in [-0.15, -0.1) is 0 Å². The Hall–Kier alpha value is -3.10. The number of carbonyl (C=O) groups excluding carboxylic acids is 4. The molecule has 34 heavy (non-hydrogen) atoms. The van der Waals surface area contributed by atoms with Gasteiger partial charge in [0.05, 0.1) is 0 Å². The molecule has 0 fully saturated rings. The average molecular weight is 478 g/mol. The van der Waals surface area contributed by atoms with Gasteiger partial charge in [0.25, 0.3) is 0 Å². The molecular weight excluding hydrogens is 438 g/mol. The predicted octanol–water partition coefficient (Wildman–Crippen LogP) is 2.92. The first-order chi connectivity index (χ1) is 15.7. The van der Waals surface area contributed by atoms with E-state index in [1.807, 2.05) is 30.3 Å². The Morgan fingerprint density at radius 1 is 0.794 bits per heavy atom. The summed E-state index contributed by atoms with van der Waals surface area (Å²) < 4.78 is 10.5. The first-order valence-electron chi connectivity index (χ1n) is 11.5. The summed E-state index contributed by atoms with van der Waals surface area (Å²) in [7, 11) is 0. The summed E-state index contributed by atoms with van der Waals surface area (Å²) in [4.78, 5) is 50.3. The van der Waals surface area contributed by atoms with Crippen LogP contribution in [0, 0.1) is 11.8 Å². The van der Waals surface area contributed by atoms with E-state index in [2.05, 4.69) is 16.0 Å². The van der Waals surface area contributed by atoms with E-state index in [0.29, 0.717) is 0 Å². The van der Waals surface area contributed by atoms with E-state index in [1.54, 1.807) is 48.5 Å². The minimum Gasteiger partial charge on any atom is -0.459 e. The van der Waals surface area contributed by atoms with Gasteiger partial charge in [-0.25, -0.2) is 9.59 Å². The van der Waals surface area contributed by atoms with Gasteiger partial charge in [0.2, 0.25) is 11.8 Å². The number of hydrogen-bond acceptors (Lipinski definition) is 6. The minimum absolute atomic E-state index is 0.0939. The lowest BCUT2D eigenvalue weighted by atomic mass is 9.99. The molecule has 190 valence electrons. The number of ether oxygens (including phenoxy) is 2. The number of benzene rings is 1. The van der Waals surface area contributed by atoms with Crippen LogP contribution in [0.15, 0.2) is 30.3 Å². The van der Waals surface area contributed by atoms with Crippen molar-refractivity contribution in [2.24, 2.45) is 11.8 Å². The molecule has 0 aliphatic carbocycles. The van der Waals surface area contributed by atoms with Gasteiger partial charge in [0, 0.05) is 0 Å². The molecule has 0 spiro atoms. The molecule has 1 aromatic carbocycles. The molecular formula is C25H39N3O6. The average Bonchev–Trinajstić information content (AvgIpc) is 2.72. The lowest BCUT2D eigenvalue weighted by Crippen LogP contribution is -2.58. The molecule has 0 saturated carbocycles. The Labute approximate surface area is 202 Å². The molecule has 0 aliphatic rings. The third-order valence-electron chi connectivity index (χ3n) is 4.80. The van der Waals surface area contributed by atoms with Crippen molar-refractivity contribution < 1.29 is 28.7 Å². The summed E-state index contributed by atoms with van der Waals surface area (Å²) in [5.41, 5.74) is 0.118. The van der Waals surface area contributed by atoms with Gasteiger partial charge >= 0.3 is 12.1 Å². The third-order valence-corrected chi connectivity index (χ3v) is 4.80. The zero-order valence-corrected chi connectivity index (χ0v) is 21.4. The summed E-state index contributed by atoms with van der Waals surface area (Å²) in [6.45, 7) is 13.9. The van der Waals surface area contributed by atoms with E-state index >= 15 is 0 Å². The van der Waals surface area contributed by atoms with Crippen molar-refractivity contribution in [2.45, 2.75) is 85.7 Å². The monoisotopic (exact) mass is 477 g/mol. The van der Waals surface area contributed by atoms with Gasteiger partial charge in [0.1, 0.15) is 30.3 Å². The highest BCUT2D eigenvalue weighted by Crippen LogP contribution is 2.11. The van der Waals surface area contributed by atoms with E-state index in [0.717, 1.165) is 5.56 Å². The van der Waals surface area contributed by atoms with E-state index in [-0.39, 0.29) is 18.4 Å². The van der Waals surface area contributed by atoms with E-state index in [4.69, 9.17) is 9.47 Å². The van der Waals surface area contributed by atoms with Crippen molar-refractivity contribution in [2.75, 3.05) is 0 Å². The molecule has 1 rings (SSSR count). The minimum atomic E-state index is -0.918. The summed E-state index contributed by atoms with van der Waals surface area (Å²) in [6.07, 6.45) is -0.721. The molecule has 3 N–H and O–H groups in total. The normalized spacial score (nSPS) is 14.1. The van der Waals surface area contributed by atoms with Gasteiger partial charge < -0.3 is 25.4 Å². The fourth-order valence-corrected chi connectivity index (χ4v) is 2.96. The zero-order valence-electron chi connectivity index (χ0n) is 21.4. The van der Waals surface area contributed by atoms with Crippen molar-refractivity contribution in [3.05, 3.63) is 35.9 Å². The number of amides is 3. The topological polar surface area (TPSA) is 123 Å². The third kappa shape index (κ3) is 10.2. The number of nitrogens with one attached hydrogen (secondary N) is 3. The molecule has 9 heteroatoms. The fourth-order valence-electron chi connectivity index (χ4n) is 2.96. The van der Waals surface area contributed by atoms with Crippen LogP contribution in [0.3, 0.4) is 0 Å². The van der Waals surface area contributed by atoms with Crippen molar-refractivity contribution in [1.82, 2.24) is 16.0 Å². The second kappa shape index (κ2) is 13.0.